The van der Waals surface area contributed by atoms with Crippen LogP contribution in [0.4, 0.5) is 0 Å². The Hall–Kier alpha value is -0.420. The van der Waals surface area contributed by atoms with E-state index in [9.17, 15) is 0 Å². The van der Waals surface area contributed by atoms with Crippen LogP contribution in [0.2, 0.25) is 0 Å². The van der Waals surface area contributed by atoms with Gasteiger partial charge in [0.25, 0.3) is 0 Å². The molecule has 0 radical (unpaired) electrons. The van der Waals surface area contributed by atoms with Crippen LogP contribution in [0, 0.1) is 0 Å². The molecule has 4 heterocycles. The number of halogens is 1. The summed E-state index contributed by atoms with van der Waals surface area (Å²) in [5.41, 5.74) is 0. The van der Waals surface area contributed by atoms with Crippen LogP contribution in [-0.2, 0) is 4.74 Å². The van der Waals surface area contributed by atoms with Gasteiger partial charge in [0.05, 0.1) is 25.8 Å². The van der Waals surface area contributed by atoms with Gasteiger partial charge in [-0.2, -0.15) is 0 Å². The van der Waals surface area contributed by atoms with E-state index in [0.717, 1.165) is 58.4 Å². The summed E-state index contributed by atoms with van der Waals surface area (Å²) in [4.78, 5) is 14.3. The number of nitrogens with zero attached hydrogens (tertiary/aromatic N) is 4. The largest absolute Gasteiger partial charge is 0.379 e. The number of thiophene rings is 1. The molecule has 4 rings (SSSR count). The Labute approximate surface area is 196 Å². The number of morpholine rings is 1. The first kappa shape index (κ1) is 23.2. The van der Waals surface area contributed by atoms with Crippen molar-refractivity contribution in [2.75, 3.05) is 65.6 Å². The fourth-order valence-corrected chi connectivity index (χ4v) is 5.55. The smallest absolute Gasteiger partial charge is 0.194 e. The van der Waals surface area contributed by atoms with Crippen LogP contribution >= 0.6 is 35.3 Å². The summed E-state index contributed by atoms with van der Waals surface area (Å²) in [6.07, 6.45) is 3.86. The fraction of sp³-hybridized carbons (Fsp3) is 0.762. The number of hydrogen-bond donors (Lipinski definition) is 1. The van der Waals surface area contributed by atoms with Crippen molar-refractivity contribution in [2.45, 2.75) is 38.3 Å². The van der Waals surface area contributed by atoms with Crippen molar-refractivity contribution in [1.29, 1.82) is 0 Å². The molecule has 1 aromatic heterocycles. The second-order valence-electron chi connectivity index (χ2n) is 8.01. The molecule has 3 saturated heterocycles. The van der Waals surface area contributed by atoms with E-state index in [-0.39, 0.29) is 24.0 Å². The fourth-order valence-electron chi connectivity index (χ4n) is 4.69. The lowest BCUT2D eigenvalue weighted by Crippen LogP contribution is -2.46. The van der Waals surface area contributed by atoms with Crippen molar-refractivity contribution in [3.8, 4) is 0 Å². The Balaban J connectivity index is 0.00000240. The third-order valence-electron chi connectivity index (χ3n) is 6.23. The molecule has 1 aromatic rings. The molecule has 0 amide bonds. The molecule has 3 aliphatic heterocycles. The van der Waals surface area contributed by atoms with E-state index < -0.39 is 0 Å². The molecule has 164 valence electrons. The van der Waals surface area contributed by atoms with E-state index in [1.165, 1.54) is 37.2 Å². The zero-order chi connectivity index (χ0) is 19.2. The predicted molar refractivity (Wildman–Crippen MR) is 132 cm³/mol. The van der Waals surface area contributed by atoms with Crippen molar-refractivity contribution in [3.05, 3.63) is 22.4 Å². The number of rotatable bonds is 6. The molecule has 8 heteroatoms. The molecule has 0 bridgehead atoms. The summed E-state index contributed by atoms with van der Waals surface area (Å²) >= 11 is 1.87. The second-order valence-corrected chi connectivity index (χ2v) is 8.99. The summed E-state index contributed by atoms with van der Waals surface area (Å²) in [5.74, 6) is 1.10. The van der Waals surface area contributed by atoms with Gasteiger partial charge in [0.2, 0.25) is 0 Å². The van der Waals surface area contributed by atoms with Crippen LogP contribution < -0.4 is 5.32 Å². The van der Waals surface area contributed by atoms with Crippen LogP contribution in [-0.4, -0.2) is 92.3 Å². The van der Waals surface area contributed by atoms with Crippen LogP contribution in [0.15, 0.2) is 22.5 Å². The van der Waals surface area contributed by atoms with Gasteiger partial charge >= 0.3 is 0 Å². The molecule has 0 saturated carbocycles. The van der Waals surface area contributed by atoms with Gasteiger partial charge in [0.1, 0.15) is 0 Å². The van der Waals surface area contributed by atoms with Gasteiger partial charge in [-0.3, -0.25) is 14.8 Å². The molecule has 0 aliphatic carbocycles. The molecule has 0 aromatic carbocycles. The standard InChI is InChI=1S/C21H35N5OS.HI/c1-2-22-21(26-10-7-18(17-26)24-11-13-27-14-12-24)23-16-19(20-6-5-15-28-20)25-8-3-4-9-25;/h5-6,15,18-19H,2-4,7-14,16-17H2,1H3,(H,22,23);1H. The second kappa shape index (κ2) is 11.8. The first-order valence-corrected chi connectivity index (χ1v) is 11.9. The molecular weight excluding hydrogens is 497 g/mol. The summed E-state index contributed by atoms with van der Waals surface area (Å²) < 4.78 is 5.53. The average molecular weight is 534 g/mol. The summed E-state index contributed by atoms with van der Waals surface area (Å²) in [5, 5.41) is 5.75. The molecule has 3 fully saturated rings. The summed E-state index contributed by atoms with van der Waals surface area (Å²) in [6.45, 7) is 12.4. The minimum Gasteiger partial charge on any atom is -0.379 e. The average Bonchev–Trinajstić information content (AvgIpc) is 3.51. The number of ether oxygens (including phenoxy) is 1. The van der Waals surface area contributed by atoms with Crippen LogP contribution in [0.25, 0.3) is 0 Å². The quantitative estimate of drug-likeness (QED) is 0.346. The molecular formula is C21H36IN5OS. The summed E-state index contributed by atoms with van der Waals surface area (Å²) in [6, 6.07) is 5.51. The molecule has 3 aliphatic rings. The lowest BCUT2D eigenvalue weighted by molar-refractivity contribution is 0.0195. The Kier molecular flexibility index (Phi) is 9.49. The molecule has 2 atom stereocenters. The number of hydrogen-bond acceptors (Lipinski definition) is 5. The number of aliphatic imine (C=N–C) groups is 1. The first-order valence-electron chi connectivity index (χ1n) is 11.0. The van der Waals surface area contributed by atoms with E-state index in [2.05, 4.69) is 44.5 Å². The number of likely N-dealkylation sites (tertiary alicyclic amines) is 2. The minimum atomic E-state index is 0. The monoisotopic (exact) mass is 533 g/mol. The van der Waals surface area contributed by atoms with E-state index in [1.807, 2.05) is 11.3 Å². The maximum atomic E-state index is 5.53. The van der Waals surface area contributed by atoms with Crippen molar-refractivity contribution in [3.63, 3.8) is 0 Å². The van der Waals surface area contributed by atoms with Gasteiger partial charge in [-0.05, 0) is 50.7 Å². The van der Waals surface area contributed by atoms with E-state index in [1.54, 1.807) is 0 Å². The highest BCUT2D eigenvalue weighted by Gasteiger charge is 2.31. The zero-order valence-corrected chi connectivity index (χ0v) is 20.7. The Bertz CT molecular complexity index is 617. The van der Waals surface area contributed by atoms with Gasteiger partial charge in [0.15, 0.2) is 5.96 Å². The minimum absolute atomic E-state index is 0. The molecule has 2 unspecified atom stereocenters. The number of guanidine groups is 1. The van der Waals surface area contributed by atoms with Crippen LogP contribution in [0.1, 0.15) is 37.1 Å². The normalized spacial score (nSPS) is 25.2. The van der Waals surface area contributed by atoms with Crippen LogP contribution in [0.5, 0.6) is 0 Å². The third-order valence-corrected chi connectivity index (χ3v) is 7.20. The Morgan fingerprint density at radius 3 is 2.72 bits per heavy atom. The van der Waals surface area contributed by atoms with Crippen molar-refractivity contribution in [2.24, 2.45) is 4.99 Å². The highest BCUT2D eigenvalue weighted by atomic mass is 127. The zero-order valence-electron chi connectivity index (χ0n) is 17.6. The Morgan fingerprint density at radius 1 is 1.24 bits per heavy atom. The van der Waals surface area contributed by atoms with Gasteiger partial charge in [-0.15, -0.1) is 35.3 Å². The van der Waals surface area contributed by atoms with Crippen LogP contribution in [0.3, 0.4) is 0 Å². The molecule has 1 N–H and O–H groups in total. The van der Waals surface area contributed by atoms with Gasteiger partial charge < -0.3 is 15.0 Å². The lowest BCUT2D eigenvalue weighted by Gasteiger charge is -2.32. The molecule has 6 nitrogen and oxygen atoms in total. The lowest BCUT2D eigenvalue weighted by atomic mass is 10.2. The van der Waals surface area contributed by atoms with Crippen molar-refractivity contribution >= 4 is 41.3 Å². The van der Waals surface area contributed by atoms with E-state index in [4.69, 9.17) is 9.73 Å². The Morgan fingerprint density at radius 2 is 2.03 bits per heavy atom. The third kappa shape index (κ3) is 6.06. The molecule has 0 spiro atoms. The maximum Gasteiger partial charge on any atom is 0.194 e. The van der Waals surface area contributed by atoms with Gasteiger partial charge in [-0.25, -0.2) is 0 Å². The SMILES string of the molecule is CCNC(=NCC(c1cccs1)N1CCCC1)N1CCC(N2CCOCC2)C1.I. The first-order chi connectivity index (χ1) is 13.8. The predicted octanol–water partition coefficient (Wildman–Crippen LogP) is 2.88. The van der Waals surface area contributed by atoms with Gasteiger partial charge in [0, 0.05) is 43.6 Å². The van der Waals surface area contributed by atoms with Crippen molar-refractivity contribution in [1.82, 2.24) is 20.0 Å². The summed E-state index contributed by atoms with van der Waals surface area (Å²) in [7, 11) is 0. The van der Waals surface area contributed by atoms with Gasteiger partial charge in [-0.1, -0.05) is 6.07 Å². The van der Waals surface area contributed by atoms with E-state index >= 15 is 0 Å². The van der Waals surface area contributed by atoms with Crippen molar-refractivity contribution < 1.29 is 4.74 Å². The van der Waals surface area contributed by atoms with E-state index in [0.29, 0.717) is 12.1 Å². The number of nitrogens with one attached hydrogen (secondary N) is 1. The molecule has 29 heavy (non-hydrogen) atoms. The maximum absolute atomic E-state index is 5.53. The topological polar surface area (TPSA) is 43.3 Å². The highest BCUT2D eigenvalue weighted by Crippen LogP contribution is 2.29. The highest BCUT2D eigenvalue weighted by molar-refractivity contribution is 14.0.